The van der Waals surface area contributed by atoms with Crippen LogP contribution in [0.15, 0.2) is 6.07 Å². The Kier molecular flexibility index (Phi) is 4.76. The average Bonchev–Trinajstić information content (AvgIpc) is 3.32. The normalized spacial score (nSPS) is 22.3. The SMILES string of the molecule is COCc1nc(C)cc(N(C)C2CCCN(C(=O)C3(C)CC3)C2)n1. The van der Waals surface area contributed by atoms with E-state index in [1.165, 1.54) is 0 Å². The Balaban J connectivity index is 1.72. The standard InChI is InChI=1S/C18H28N4O2/c1-13-10-16(20-15(19-13)12-24-4)21(3)14-6-5-9-22(11-14)17(23)18(2)7-8-18/h10,14H,5-9,11-12H2,1-4H3. The van der Waals surface area contributed by atoms with Crippen molar-refractivity contribution < 1.29 is 9.53 Å². The van der Waals surface area contributed by atoms with Crippen molar-refractivity contribution in [2.24, 2.45) is 5.41 Å². The number of hydrogen-bond acceptors (Lipinski definition) is 5. The molecule has 1 aliphatic carbocycles. The number of aromatic nitrogens is 2. The number of ether oxygens (including phenoxy) is 1. The Bertz CT molecular complexity index is 615. The monoisotopic (exact) mass is 332 g/mol. The molecule has 2 fully saturated rings. The van der Waals surface area contributed by atoms with E-state index in [1.807, 2.05) is 13.0 Å². The minimum Gasteiger partial charge on any atom is -0.377 e. The Morgan fingerprint density at radius 3 is 2.88 bits per heavy atom. The summed E-state index contributed by atoms with van der Waals surface area (Å²) in [5, 5.41) is 0. The van der Waals surface area contributed by atoms with Gasteiger partial charge in [-0.2, -0.15) is 0 Å². The molecule has 3 rings (SSSR count). The molecule has 1 aromatic rings. The maximum atomic E-state index is 12.6. The van der Waals surface area contributed by atoms with Gasteiger partial charge >= 0.3 is 0 Å². The van der Waals surface area contributed by atoms with Crippen LogP contribution in [0.25, 0.3) is 0 Å². The Morgan fingerprint density at radius 1 is 1.46 bits per heavy atom. The van der Waals surface area contributed by atoms with E-state index in [-0.39, 0.29) is 5.41 Å². The third-order valence-corrected chi connectivity index (χ3v) is 5.27. The maximum absolute atomic E-state index is 12.6. The number of likely N-dealkylation sites (N-methyl/N-ethyl adjacent to an activating group) is 1. The summed E-state index contributed by atoms with van der Waals surface area (Å²) in [6.07, 6.45) is 4.20. The highest BCUT2D eigenvalue weighted by molar-refractivity contribution is 5.85. The van der Waals surface area contributed by atoms with Crippen LogP contribution in [0.3, 0.4) is 0 Å². The third-order valence-electron chi connectivity index (χ3n) is 5.27. The van der Waals surface area contributed by atoms with Gasteiger partial charge < -0.3 is 14.5 Å². The lowest BCUT2D eigenvalue weighted by atomic mass is 10.0. The highest BCUT2D eigenvalue weighted by Crippen LogP contribution is 2.46. The van der Waals surface area contributed by atoms with Gasteiger partial charge in [-0.3, -0.25) is 4.79 Å². The summed E-state index contributed by atoms with van der Waals surface area (Å²) in [4.78, 5) is 25.9. The number of nitrogens with zero attached hydrogens (tertiary/aromatic N) is 4. The molecule has 0 radical (unpaired) electrons. The second-order valence-electron chi connectivity index (χ2n) is 7.44. The van der Waals surface area contributed by atoms with Crippen molar-refractivity contribution >= 4 is 11.7 Å². The van der Waals surface area contributed by atoms with Crippen LogP contribution in [-0.2, 0) is 16.1 Å². The van der Waals surface area contributed by atoms with Crippen LogP contribution in [0.2, 0.25) is 0 Å². The number of aryl methyl sites for hydroxylation is 1. The molecule has 1 saturated heterocycles. The van der Waals surface area contributed by atoms with E-state index < -0.39 is 0 Å². The first kappa shape index (κ1) is 17.1. The van der Waals surface area contributed by atoms with E-state index in [0.29, 0.717) is 24.4 Å². The molecule has 1 unspecified atom stereocenters. The summed E-state index contributed by atoms with van der Waals surface area (Å²) in [7, 11) is 3.72. The Morgan fingerprint density at radius 2 is 2.21 bits per heavy atom. The second-order valence-corrected chi connectivity index (χ2v) is 7.44. The van der Waals surface area contributed by atoms with Crippen LogP contribution in [0.4, 0.5) is 5.82 Å². The molecule has 1 atom stereocenters. The smallest absolute Gasteiger partial charge is 0.228 e. The summed E-state index contributed by atoms with van der Waals surface area (Å²) < 4.78 is 5.16. The lowest BCUT2D eigenvalue weighted by Gasteiger charge is -2.39. The van der Waals surface area contributed by atoms with E-state index in [2.05, 4.69) is 33.7 Å². The number of likely N-dealkylation sites (tertiary alicyclic amines) is 1. The average molecular weight is 332 g/mol. The van der Waals surface area contributed by atoms with Gasteiger partial charge in [-0.15, -0.1) is 0 Å². The van der Waals surface area contributed by atoms with Crippen molar-refractivity contribution in [2.75, 3.05) is 32.1 Å². The van der Waals surface area contributed by atoms with Crippen LogP contribution >= 0.6 is 0 Å². The van der Waals surface area contributed by atoms with Crippen molar-refractivity contribution in [3.05, 3.63) is 17.6 Å². The van der Waals surface area contributed by atoms with Crippen LogP contribution in [-0.4, -0.2) is 54.1 Å². The van der Waals surface area contributed by atoms with E-state index in [1.54, 1.807) is 7.11 Å². The van der Waals surface area contributed by atoms with E-state index in [9.17, 15) is 4.79 Å². The fourth-order valence-corrected chi connectivity index (χ4v) is 3.41. The molecule has 0 bridgehead atoms. The molecule has 132 valence electrons. The zero-order valence-electron chi connectivity index (χ0n) is 15.2. The molecule has 1 aromatic heterocycles. The molecule has 2 aliphatic rings. The van der Waals surface area contributed by atoms with Crippen molar-refractivity contribution in [2.45, 2.75) is 52.2 Å². The number of hydrogen-bond donors (Lipinski definition) is 0. The quantitative estimate of drug-likeness (QED) is 0.827. The summed E-state index contributed by atoms with van der Waals surface area (Å²) in [5.74, 6) is 1.94. The van der Waals surface area contributed by atoms with Gasteiger partial charge in [0.25, 0.3) is 0 Å². The highest BCUT2D eigenvalue weighted by Gasteiger charge is 2.47. The molecule has 6 nitrogen and oxygen atoms in total. The molecule has 1 saturated carbocycles. The number of carbonyl (C=O) groups excluding carboxylic acids is 1. The van der Waals surface area contributed by atoms with Crippen LogP contribution in [0.1, 0.15) is 44.1 Å². The molecule has 0 aromatic carbocycles. The third kappa shape index (κ3) is 3.53. The minimum atomic E-state index is -0.0857. The molecule has 2 heterocycles. The summed E-state index contributed by atoms with van der Waals surface area (Å²) >= 11 is 0. The predicted octanol–water partition coefficient (Wildman–Crippen LogP) is 2.16. The fourth-order valence-electron chi connectivity index (χ4n) is 3.41. The number of piperidine rings is 1. The number of methoxy groups -OCH3 is 1. The number of rotatable bonds is 5. The van der Waals surface area contributed by atoms with Gasteiger partial charge in [0.1, 0.15) is 12.4 Å². The Hall–Kier alpha value is -1.69. The minimum absolute atomic E-state index is 0.0857. The molecule has 0 spiro atoms. The van der Waals surface area contributed by atoms with Crippen LogP contribution in [0, 0.1) is 12.3 Å². The molecule has 1 amide bonds. The molecule has 0 N–H and O–H groups in total. The van der Waals surface area contributed by atoms with E-state index in [0.717, 1.165) is 50.3 Å². The van der Waals surface area contributed by atoms with Gasteiger partial charge in [-0.05, 0) is 32.6 Å². The first-order chi connectivity index (χ1) is 11.4. The van der Waals surface area contributed by atoms with Crippen molar-refractivity contribution in [3.8, 4) is 0 Å². The first-order valence-corrected chi connectivity index (χ1v) is 8.79. The summed E-state index contributed by atoms with van der Waals surface area (Å²) in [6, 6.07) is 2.30. The van der Waals surface area contributed by atoms with Crippen molar-refractivity contribution in [3.63, 3.8) is 0 Å². The lowest BCUT2D eigenvalue weighted by molar-refractivity contribution is -0.137. The zero-order chi connectivity index (χ0) is 17.3. The van der Waals surface area contributed by atoms with E-state index >= 15 is 0 Å². The largest absolute Gasteiger partial charge is 0.377 e. The van der Waals surface area contributed by atoms with Gasteiger partial charge in [-0.25, -0.2) is 9.97 Å². The molecule has 24 heavy (non-hydrogen) atoms. The second kappa shape index (κ2) is 6.67. The first-order valence-electron chi connectivity index (χ1n) is 8.79. The van der Waals surface area contributed by atoms with Gasteiger partial charge in [0, 0.05) is 50.5 Å². The highest BCUT2D eigenvalue weighted by atomic mass is 16.5. The lowest BCUT2D eigenvalue weighted by Crippen LogP contribution is -2.50. The van der Waals surface area contributed by atoms with Crippen molar-refractivity contribution in [1.29, 1.82) is 0 Å². The van der Waals surface area contributed by atoms with Gasteiger partial charge in [0.2, 0.25) is 5.91 Å². The molecule has 1 aliphatic heterocycles. The summed E-state index contributed by atoms with van der Waals surface area (Å²) in [6.45, 7) is 6.15. The fraction of sp³-hybridized carbons (Fsp3) is 0.722. The predicted molar refractivity (Wildman–Crippen MR) is 92.8 cm³/mol. The van der Waals surface area contributed by atoms with Gasteiger partial charge in [0.15, 0.2) is 5.82 Å². The zero-order valence-corrected chi connectivity index (χ0v) is 15.2. The van der Waals surface area contributed by atoms with E-state index in [4.69, 9.17) is 4.74 Å². The summed E-state index contributed by atoms with van der Waals surface area (Å²) in [5.41, 5.74) is 0.852. The Labute approximate surface area is 144 Å². The number of carbonyl (C=O) groups is 1. The number of anilines is 1. The molecular formula is C18H28N4O2. The molecule has 6 heteroatoms. The van der Waals surface area contributed by atoms with Crippen molar-refractivity contribution in [1.82, 2.24) is 14.9 Å². The topological polar surface area (TPSA) is 58.6 Å². The van der Waals surface area contributed by atoms with Crippen LogP contribution in [0.5, 0.6) is 0 Å². The van der Waals surface area contributed by atoms with Gasteiger partial charge in [-0.1, -0.05) is 6.92 Å². The number of amides is 1. The van der Waals surface area contributed by atoms with Gasteiger partial charge in [0.05, 0.1) is 0 Å². The molecular weight excluding hydrogens is 304 g/mol. The van der Waals surface area contributed by atoms with Crippen LogP contribution < -0.4 is 4.90 Å². The maximum Gasteiger partial charge on any atom is 0.228 e.